The molecular formula is C18H14ClF3N2O2. The fraction of sp³-hybridized carbons (Fsp3) is 0.222. The van der Waals surface area contributed by atoms with Crippen LogP contribution in [-0.2, 0) is 0 Å². The van der Waals surface area contributed by atoms with Crippen molar-refractivity contribution < 1.29 is 23.1 Å². The quantitative estimate of drug-likeness (QED) is 0.848. The number of benzene rings is 2. The van der Waals surface area contributed by atoms with Crippen molar-refractivity contribution >= 4 is 23.2 Å². The van der Waals surface area contributed by atoms with Crippen molar-refractivity contribution in [2.24, 2.45) is 5.10 Å². The molecule has 136 valence electrons. The van der Waals surface area contributed by atoms with Gasteiger partial charge >= 0.3 is 6.18 Å². The molecule has 1 amide bonds. The minimum Gasteiger partial charge on any atom is -0.362 e. The van der Waals surface area contributed by atoms with Crippen LogP contribution in [0.15, 0.2) is 53.6 Å². The Labute approximate surface area is 152 Å². The normalized spacial score (nSPS) is 20.2. The van der Waals surface area contributed by atoms with E-state index in [1.807, 2.05) is 6.92 Å². The van der Waals surface area contributed by atoms with E-state index < -0.39 is 24.2 Å². The minimum atomic E-state index is -5.10. The standard InChI is InChI=1S/C18H14ClF3N2O2/c1-11-6-8-12(9-7-11)15-10-17(26,18(20,21)22)24(23-15)16(25)13-4-2-3-5-14(13)19/h2-9,26H,10H2,1H3/t17-/m0/s1. The van der Waals surface area contributed by atoms with Gasteiger partial charge in [-0.3, -0.25) is 4.79 Å². The highest BCUT2D eigenvalue weighted by Crippen LogP contribution is 2.42. The molecule has 1 N–H and O–H groups in total. The van der Waals surface area contributed by atoms with Crippen LogP contribution in [0.2, 0.25) is 5.02 Å². The van der Waals surface area contributed by atoms with Crippen LogP contribution in [0.5, 0.6) is 0 Å². The summed E-state index contributed by atoms with van der Waals surface area (Å²) in [6, 6.07) is 12.3. The van der Waals surface area contributed by atoms with Gasteiger partial charge in [0, 0.05) is 0 Å². The number of hydrogen-bond acceptors (Lipinski definition) is 3. The Morgan fingerprint density at radius 3 is 2.38 bits per heavy atom. The van der Waals surface area contributed by atoms with Crippen molar-refractivity contribution in [3.8, 4) is 0 Å². The molecule has 0 saturated carbocycles. The number of hydrogen-bond donors (Lipinski definition) is 1. The molecule has 2 aromatic rings. The van der Waals surface area contributed by atoms with Crippen LogP contribution in [0.1, 0.15) is 27.9 Å². The molecule has 0 aliphatic carbocycles. The summed E-state index contributed by atoms with van der Waals surface area (Å²) in [4.78, 5) is 12.6. The zero-order valence-electron chi connectivity index (χ0n) is 13.6. The van der Waals surface area contributed by atoms with Gasteiger partial charge in [-0.1, -0.05) is 53.6 Å². The summed E-state index contributed by atoms with van der Waals surface area (Å²) in [6.45, 7) is 1.83. The molecule has 0 fully saturated rings. The second-order valence-electron chi connectivity index (χ2n) is 6.00. The molecule has 3 rings (SSSR count). The molecule has 0 unspecified atom stereocenters. The molecule has 26 heavy (non-hydrogen) atoms. The molecule has 0 radical (unpaired) electrons. The summed E-state index contributed by atoms with van der Waals surface area (Å²) in [7, 11) is 0. The van der Waals surface area contributed by atoms with Crippen LogP contribution in [0.4, 0.5) is 13.2 Å². The Morgan fingerprint density at radius 2 is 1.81 bits per heavy atom. The first kappa shape index (κ1) is 18.4. The Kier molecular flexibility index (Phi) is 4.54. The Bertz CT molecular complexity index is 881. The van der Waals surface area contributed by atoms with Crippen molar-refractivity contribution in [2.45, 2.75) is 25.2 Å². The fourth-order valence-electron chi connectivity index (χ4n) is 2.64. The molecule has 1 aliphatic rings. The predicted octanol–water partition coefficient (Wildman–Crippen LogP) is 4.15. The van der Waals surface area contributed by atoms with Crippen molar-refractivity contribution in [3.63, 3.8) is 0 Å². The number of aliphatic hydroxyl groups is 1. The van der Waals surface area contributed by atoms with Crippen LogP contribution < -0.4 is 0 Å². The Balaban J connectivity index is 2.07. The van der Waals surface area contributed by atoms with Crippen LogP contribution in [-0.4, -0.2) is 33.6 Å². The van der Waals surface area contributed by atoms with E-state index in [1.165, 1.54) is 18.2 Å². The molecule has 4 nitrogen and oxygen atoms in total. The number of rotatable bonds is 2. The average Bonchev–Trinajstić information content (AvgIpc) is 2.94. The molecule has 0 bridgehead atoms. The number of carbonyl (C=O) groups excluding carboxylic acids is 1. The van der Waals surface area contributed by atoms with Gasteiger partial charge in [-0.2, -0.15) is 23.3 Å². The number of alkyl halides is 3. The highest BCUT2D eigenvalue weighted by Gasteiger charge is 2.63. The third kappa shape index (κ3) is 3.08. The Hall–Kier alpha value is -2.38. The molecule has 8 heteroatoms. The molecule has 0 spiro atoms. The topological polar surface area (TPSA) is 52.9 Å². The van der Waals surface area contributed by atoms with E-state index >= 15 is 0 Å². The van der Waals surface area contributed by atoms with E-state index in [1.54, 1.807) is 30.3 Å². The lowest BCUT2D eigenvalue weighted by Crippen LogP contribution is -2.56. The SMILES string of the molecule is Cc1ccc(C2=NN(C(=O)c3ccccc3Cl)[C@@](O)(C(F)(F)F)C2)cc1. The van der Waals surface area contributed by atoms with Gasteiger partial charge in [-0.05, 0) is 24.6 Å². The lowest BCUT2D eigenvalue weighted by Gasteiger charge is -2.32. The first-order chi connectivity index (χ1) is 12.1. The highest BCUT2D eigenvalue weighted by atomic mass is 35.5. The minimum absolute atomic E-state index is 0.0268. The van der Waals surface area contributed by atoms with E-state index in [4.69, 9.17) is 11.6 Å². The van der Waals surface area contributed by atoms with Gasteiger partial charge in [-0.15, -0.1) is 0 Å². The first-order valence-corrected chi connectivity index (χ1v) is 8.04. The average molecular weight is 383 g/mol. The second-order valence-corrected chi connectivity index (χ2v) is 6.41. The molecule has 1 heterocycles. The van der Waals surface area contributed by atoms with E-state index in [0.717, 1.165) is 5.56 Å². The van der Waals surface area contributed by atoms with Crippen molar-refractivity contribution in [2.75, 3.05) is 0 Å². The van der Waals surface area contributed by atoms with Gasteiger partial charge in [0.2, 0.25) is 0 Å². The summed E-state index contributed by atoms with van der Waals surface area (Å²) in [5.74, 6) is -1.13. The molecule has 0 saturated heterocycles. The number of amides is 1. The predicted molar refractivity (Wildman–Crippen MR) is 91.0 cm³/mol. The van der Waals surface area contributed by atoms with Gasteiger partial charge in [0.1, 0.15) is 0 Å². The van der Waals surface area contributed by atoms with E-state index in [9.17, 15) is 23.1 Å². The van der Waals surface area contributed by atoms with E-state index in [2.05, 4.69) is 5.10 Å². The van der Waals surface area contributed by atoms with E-state index in [-0.39, 0.29) is 21.3 Å². The number of hydrazone groups is 1. The largest absolute Gasteiger partial charge is 0.438 e. The van der Waals surface area contributed by atoms with Gasteiger partial charge < -0.3 is 5.11 Å². The molecule has 1 atom stereocenters. The summed E-state index contributed by atoms with van der Waals surface area (Å²) < 4.78 is 40.7. The maximum atomic E-state index is 13.6. The van der Waals surface area contributed by atoms with Gasteiger partial charge in [0.25, 0.3) is 11.6 Å². The molecule has 2 aromatic carbocycles. The van der Waals surface area contributed by atoms with Gasteiger partial charge in [0.15, 0.2) is 0 Å². The maximum absolute atomic E-state index is 13.6. The number of nitrogens with zero attached hydrogens (tertiary/aromatic N) is 2. The molecule has 1 aliphatic heterocycles. The van der Waals surface area contributed by atoms with Crippen molar-refractivity contribution in [3.05, 3.63) is 70.2 Å². The van der Waals surface area contributed by atoms with Gasteiger partial charge in [-0.25, -0.2) is 0 Å². The van der Waals surface area contributed by atoms with Crippen molar-refractivity contribution in [1.82, 2.24) is 5.01 Å². The van der Waals surface area contributed by atoms with Gasteiger partial charge in [0.05, 0.1) is 22.7 Å². The zero-order chi connectivity index (χ0) is 19.1. The van der Waals surface area contributed by atoms with Crippen LogP contribution >= 0.6 is 11.6 Å². The fourth-order valence-corrected chi connectivity index (χ4v) is 2.85. The van der Waals surface area contributed by atoms with Crippen LogP contribution in [0.25, 0.3) is 0 Å². The monoisotopic (exact) mass is 382 g/mol. The van der Waals surface area contributed by atoms with Crippen LogP contribution in [0, 0.1) is 6.92 Å². The number of halogens is 4. The second kappa shape index (κ2) is 6.41. The summed E-state index contributed by atoms with van der Waals surface area (Å²) in [6.07, 6.45) is -5.96. The highest BCUT2D eigenvalue weighted by molar-refractivity contribution is 6.33. The number of carbonyl (C=O) groups is 1. The molecular weight excluding hydrogens is 369 g/mol. The number of aryl methyl sites for hydroxylation is 1. The first-order valence-electron chi connectivity index (χ1n) is 7.66. The summed E-state index contributed by atoms with van der Waals surface area (Å²) in [5, 5.41) is 14.2. The van der Waals surface area contributed by atoms with Crippen molar-refractivity contribution in [1.29, 1.82) is 0 Å². The van der Waals surface area contributed by atoms with Crippen LogP contribution in [0.3, 0.4) is 0 Å². The third-order valence-corrected chi connectivity index (χ3v) is 4.45. The van der Waals surface area contributed by atoms with E-state index in [0.29, 0.717) is 5.56 Å². The third-order valence-electron chi connectivity index (χ3n) is 4.12. The lowest BCUT2D eigenvalue weighted by molar-refractivity contribution is -0.297. The Morgan fingerprint density at radius 1 is 1.19 bits per heavy atom. The summed E-state index contributed by atoms with van der Waals surface area (Å²) in [5.41, 5.74) is -2.34. The maximum Gasteiger partial charge on any atom is 0.438 e. The lowest BCUT2D eigenvalue weighted by atomic mass is 10.00. The summed E-state index contributed by atoms with van der Waals surface area (Å²) >= 11 is 5.92. The molecule has 0 aromatic heterocycles. The zero-order valence-corrected chi connectivity index (χ0v) is 14.3. The smallest absolute Gasteiger partial charge is 0.362 e.